The predicted octanol–water partition coefficient (Wildman–Crippen LogP) is 1.26. The molecule has 0 amide bonds. The van der Waals surface area contributed by atoms with E-state index < -0.39 is 0 Å². The maximum Gasteiger partial charge on any atom is 0.0675 e. The summed E-state index contributed by atoms with van der Waals surface area (Å²) >= 11 is 0. The summed E-state index contributed by atoms with van der Waals surface area (Å²) in [4.78, 5) is 2.34. The van der Waals surface area contributed by atoms with Gasteiger partial charge in [0, 0.05) is 25.7 Å². The smallest absolute Gasteiger partial charge is 0.0675 e. The summed E-state index contributed by atoms with van der Waals surface area (Å²) in [5.74, 6) is 0.171. The lowest BCUT2D eigenvalue weighted by molar-refractivity contribution is 0.100. The molecule has 0 aromatic rings. The SMILES string of the molecule is COCCN1CCC(C#N)C1(C)C. The Morgan fingerprint density at radius 3 is 2.77 bits per heavy atom. The Labute approximate surface area is 80.3 Å². The van der Waals surface area contributed by atoms with E-state index in [0.717, 1.165) is 26.1 Å². The Kier molecular flexibility index (Phi) is 3.29. The standard InChI is InChI=1S/C10H18N2O/c1-10(2)9(8-11)4-5-12(10)6-7-13-3/h9H,4-7H2,1-3H3. The Morgan fingerprint density at radius 2 is 2.31 bits per heavy atom. The topological polar surface area (TPSA) is 36.3 Å². The molecule has 0 aromatic heterocycles. The summed E-state index contributed by atoms with van der Waals surface area (Å²) in [6.07, 6.45) is 0.993. The Morgan fingerprint density at radius 1 is 1.62 bits per heavy atom. The molecular formula is C10H18N2O. The van der Waals surface area contributed by atoms with Crippen LogP contribution in [-0.2, 0) is 4.74 Å². The second-order valence-corrected chi connectivity index (χ2v) is 4.10. The third-order valence-electron chi connectivity index (χ3n) is 3.08. The van der Waals surface area contributed by atoms with Gasteiger partial charge in [0.2, 0.25) is 0 Å². The van der Waals surface area contributed by atoms with Crippen LogP contribution in [0.3, 0.4) is 0 Å². The lowest BCUT2D eigenvalue weighted by Crippen LogP contribution is -2.43. The molecule has 0 saturated carbocycles. The van der Waals surface area contributed by atoms with E-state index in [0.29, 0.717) is 0 Å². The average Bonchev–Trinajstić information content (AvgIpc) is 2.37. The minimum Gasteiger partial charge on any atom is -0.383 e. The summed E-state index contributed by atoms with van der Waals surface area (Å²) in [7, 11) is 1.71. The van der Waals surface area contributed by atoms with Crippen molar-refractivity contribution in [3.8, 4) is 6.07 Å². The maximum atomic E-state index is 8.94. The quantitative estimate of drug-likeness (QED) is 0.659. The van der Waals surface area contributed by atoms with E-state index in [2.05, 4.69) is 24.8 Å². The fourth-order valence-electron chi connectivity index (χ4n) is 1.97. The van der Waals surface area contributed by atoms with Crippen LogP contribution < -0.4 is 0 Å². The van der Waals surface area contributed by atoms with Gasteiger partial charge in [0.25, 0.3) is 0 Å². The molecule has 3 heteroatoms. The Hall–Kier alpha value is -0.590. The molecule has 0 radical (unpaired) electrons. The normalized spacial score (nSPS) is 27.4. The summed E-state index contributed by atoms with van der Waals surface area (Å²) in [5.41, 5.74) is 0.0211. The number of nitrogens with zero attached hydrogens (tertiary/aromatic N) is 2. The molecular weight excluding hydrogens is 164 g/mol. The zero-order valence-corrected chi connectivity index (χ0v) is 8.71. The predicted molar refractivity (Wildman–Crippen MR) is 51.2 cm³/mol. The third kappa shape index (κ3) is 2.01. The molecule has 0 aromatic carbocycles. The van der Waals surface area contributed by atoms with Gasteiger partial charge in [-0.1, -0.05) is 0 Å². The molecule has 3 nitrogen and oxygen atoms in total. The van der Waals surface area contributed by atoms with Gasteiger partial charge in [0.1, 0.15) is 0 Å². The Bertz CT molecular complexity index is 207. The van der Waals surface area contributed by atoms with Crippen LogP contribution in [0.4, 0.5) is 0 Å². The molecule has 1 fully saturated rings. The van der Waals surface area contributed by atoms with Gasteiger partial charge in [-0.25, -0.2) is 0 Å². The van der Waals surface area contributed by atoms with Crippen LogP contribution in [0.15, 0.2) is 0 Å². The molecule has 1 rings (SSSR count). The summed E-state index contributed by atoms with van der Waals surface area (Å²) in [5, 5.41) is 8.94. The summed E-state index contributed by atoms with van der Waals surface area (Å²) in [6, 6.07) is 2.38. The molecule has 1 aliphatic rings. The van der Waals surface area contributed by atoms with E-state index in [9.17, 15) is 0 Å². The minimum absolute atomic E-state index is 0.0211. The van der Waals surface area contributed by atoms with Crippen LogP contribution in [0.5, 0.6) is 0 Å². The highest BCUT2D eigenvalue weighted by atomic mass is 16.5. The van der Waals surface area contributed by atoms with Crippen LogP contribution in [0.1, 0.15) is 20.3 Å². The third-order valence-corrected chi connectivity index (χ3v) is 3.08. The zero-order valence-electron chi connectivity index (χ0n) is 8.71. The molecule has 1 saturated heterocycles. The molecule has 1 unspecified atom stereocenters. The molecule has 0 aliphatic carbocycles. The van der Waals surface area contributed by atoms with Gasteiger partial charge < -0.3 is 4.74 Å². The minimum atomic E-state index is 0.0211. The second-order valence-electron chi connectivity index (χ2n) is 4.10. The van der Waals surface area contributed by atoms with E-state index >= 15 is 0 Å². The molecule has 1 aliphatic heterocycles. The van der Waals surface area contributed by atoms with E-state index in [4.69, 9.17) is 10.00 Å². The molecule has 74 valence electrons. The first kappa shape index (κ1) is 10.5. The lowest BCUT2D eigenvalue weighted by Gasteiger charge is -2.33. The van der Waals surface area contributed by atoms with Crippen molar-refractivity contribution in [1.29, 1.82) is 5.26 Å². The zero-order chi connectivity index (χ0) is 9.90. The van der Waals surface area contributed by atoms with Gasteiger partial charge in [-0.15, -0.1) is 0 Å². The van der Waals surface area contributed by atoms with E-state index in [1.165, 1.54) is 0 Å². The monoisotopic (exact) mass is 182 g/mol. The summed E-state index contributed by atoms with van der Waals surface area (Å²) in [6.45, 7) is 6.99. The average molecular weight is 182 g/mol. The first-order valence-corrected chi connectivity index (χ1v) is 4.76. The molecule has 13 heavy (non-hydrogen) atoms. The molecule has 1 heterocycles. The number of likely N-dealkylation sites (tertiary alicyclic amines) is 1. The molecule has 0 N–H and O–H groups in total. The van der Waals surface area contributed by atoms with Gasteiger partial charge in [-0.2, -0.15) is 5.26 Å². The van der Waals surface area contributed by atoms with Crippen molar-refractivity contribution in [3.63, 3.8) is 0 Å². The van der Waals surface area contributed by atoms with Crippen LogP contribution in [0.25, 0.3) is 0 Å². The largest absolute Gasteiger partial charge is 0.383 e. The van der Waals surface area contributed by atoms with Crippen molar-refractivity contribution in [2.45, 2.75) is 25.8 Å². The number of rotatable bonds is 3. The van der Waals surface area contributed by atoms with Crippen molar-refractivity contribution >= 4 is 0 Å². The second kappa shape index (κ2) is 4.08. The van der Waals surface area contributed by atoms with Crippen LogP contribution in [0, 0.1) is 17.2 Å². The molecule has 1 atom stereocenters. The van der Waals surface area contributed by atoms with Crippen molar-refractivity contribution in [1.82, 2.24) is 4.90 Å². The highest BCUT2D eigenvalue weighted by molar-refractivity contribution is 5.04. The van der Waals surface area contributed by atoms with Gasteiger partial charge in [-0.05, 0) is 20.3 Å². The van der Waals surface area contributed by atoms with Crippen LogP contribution >= 0.6 is 0 Å². The van der Waals surface area contributed by atoms with Crippen molar-refractivity contribution in [3.05, 3.63) is 0 Å². The van der Waals surface area contributed by atoms with Gasteiger partial charge in [0.15, 0.2) is 0 Å². The Balaban J connectivity index is 2.55. The first-order valence-electron chi connectivity index (χ1n) is 4.76. The summed E-state index contributed by atoms with van der Waals surface area (Å²) < 4.78 is 5.04. The van der Waals surface area contributed by atoms with Crippen molar-refractivity contribution < 1.29 is 4.74 Å². The van der Waals surface area contributed by atoms with Crippen molar-refractivity contribution in [2.24, 2.45) is 5.92 Å². The van der Waals surface area contributed by atoms with E-state index in [1.807, 2.05) is 0 Å². The highest BCUT2D eigenvalue weighted by Gasteiger charge is 2.40. The van der Waals surface area contributed by atoms with Gasteiger partial charge in [-0.3, -0.25) is 4.90 Å². The maximum absolute atomic E-state index is 8.94. The number of methoxy groups -OCH3 is 1. The highest BCUT2D eigenvalue weighted by Crippen LogP contribution is 2.33. The fraction of sp³-hybridized carbons (Fsp3) is 0.900. The van der Waals surface area contributed by atoms with Gasteiger partial charge in [0.05, 0.1) is 18.6 Å². The lowest BCUT2D eigenvalue weighted by atomic mass is 9.90. The molecule has 0 bridgehead atoms. The number of hydrogen-bond donors (Lipinski definition) is 0. The number of ether oxygens (including phenoxy) is 1. The van der Waals surface area contributed by atoms with E-state index in [-0.39, 0.29) is 11.5 Å². The number of hydrogen-bond acceptors (Lipinski definition) is 3. The first-order chi connectivity index (χ1) is 6.12. The van der Waals surface area contributed by atoms with E-state index in [1.54, 1.807) is 7.11 Å². The van der Waals surface area contributed by atoms with Crippen molar-refractivity contribution in [2.75, 3.05) is 26.8 Å². The molecule has 0 spiro atoms. The van der Waals surface area contributed by atoms with Gasteiger partial charge >= 0.3 is 0 Å². The number of nitriles is 1. The fourth-order valence-corrected chi connectivity index (χ4v) is 1.97. The van der Waals surface area contributed by atoms with Crippen LogP contribution in [-0.4, -0.2) is 37.2 Å². The van der Waals surface area contributed by atoms with Crippen LogP contribution in [0.2, 0.25) is 0 Å².